The number of piperidine rings is 1. The molecule has 0 aromatic heterocycles. The monoisotopic (exact) mass is 413 g/mol. The summed E-state index contributed by atoms with van der Waals surface area (Å²) in [7, 11) is 0. The molecule has 0 saturated carbocycles. The lowest BCUT2D eigenvalue weighted by Crippen LogP contribution is -2.39. The minimum absolute atomic E-state index is 0.0198. The number of nitrogens with one attached hydrogen (secondary N) is 1. The molecule has 1 aromatic rings. The number of likely N-dealkylation sites (tertiary alicyclic amines) is 1. The fourth-order valence-corrected chi connectivity index (χ4v) is 4.09. The summed E-state index contributed by atoms with van der Waals surface area (Å²) in [5, 5.41) is 3.93. The Kier molecular flexibility index (Phi) is 8.22. The molecule has 2 heterocycles. The van der Waals surface area contributed by atoms with E-state index in [1.165, 1.54) is 25.8 Å². The first-order chi connectivity index (χ1) is 13.1. The Balaban J connectivity index is 1.32. The molecular weight excluding hydrogens is 385 g/mol. The standard InChI is InChI=1S/C20H29Cl2N3O2/c21-17-1-2-18(22)19(15-17)23-20(26)6-10-24-7-3-16(4-8-24)5-9-25-11-13-27-14-12-25/h1-2,15-16H,3-14H2,(H,23,26). The topological polar surface area (TPSA) is 44.8 Å². The molecule has 7 heteroatoms. The van der Waals surface area contributed by atoms with E-state index < -0.39 is 0 Å². The number of ether oxygens (including phenoxy) is 1. The third kappa shape index (κ3) is 6.91. The average molecular weight is 414 g/mol. The Morgan fingerprint density at radius 1 is 1.07 bits per heavy atom. The third-order valence-corrected chi connectivity index (χ3v) is 6.09. The Morgan fingerprint density at radius 2 is 1.78 bits per heavy atom. The fraction of sp³-hybridized carbons (Fsp3) is 0.650. The molecule has 150 valence electrons. The van der Waals surface area contributed by atoms with Gasteiger partial charge in [0.2, 0.25) is 5.91 Å². The van der Waals surface area contributed by atoms with Crippen LogP contribution in [0.2, 0.25) is 10.0 Å². The lowest BCUT2D eigenvalue weighted by molar-refractivity contribution is -0.116. The lowest BCUT2D eigenvalue weighted by Gasteiger charge is -2.33. The van der Waals surface area contributed by atoms with Crippen LogP contribution in [0.25, 0.3) is 0 Å². The second kappa shape index (κ2) is 10.6. The predicted molar refractivity (Wildman–Crippen MR) is 111 cm³/mol. The number of carbonyl (C=O) groups is 1. The van der Waals surface area contributed by atoms with E-state index in [1.807, 2.05) is 0 Å². The molecule has 0 unspecified atom stereocenters. The van der Waals surface area contributed by atoms with Gasteiger partial charge in [-0.2, -0.15) is 0 Å². The summed E-state index contributed by atoms with van der Waals surface area (Å²) in [5.74, 6) is 0.789. The van der Waals surface area contributed by atoms with Crippen molar-refractivity contribution in [1.29, 1.82) is 0 Å². The van der Waals surface area contributed by atoms with Gasteiger partial charge in [-0.25, -0.2) is 0 Å². The van der Waals surface area contributed by atoms with E-state index in [0.717, 1.165) is 51.9 Å². The predicted octanol–water partition coefficient (Wildman–Crippen LogP) is 3.76. The van der Waals surface area contributed by atoms with Crippen LogP contribution in [-0.2, 0) is 9.53 Å². The minimum atomic E-state index is -0.0198. The van der Waals surface area contributed by atoms with E-state index in [-0.39, 0.29) is 5.91 Å². The normalized spacial score (nSPS) is 19.9. The number of morpholine rings is 1. The Labute approximate surface area is 171 Å². The molecular formula is C20H29Cl2N3O2. The number of anilines is 1. The smallest absolute Gasteiger partial charge is 0.225 e. The van der Waals surface area contributed by atoms with Crippen LogP contribution < -0.4 is 5.32 Å². The number of rotatable bonds is 7. The number of nitrogens with zero attached hydrogens (tertiary/aromatic N) is 2. The summed E-state index contributed by atoms with van der Waals surface area (Å²) < 4.78 is 5.41. The van der Waals surface area contributed by atoms with Crippen LogP contribution in [0.15, 0.2) is 18.2 Å². The van der Waals surface area contributed by atoms with Gasteiger partial charge in [-0.15, -0.1) is 0 Å². The zero-order valence-electron chi connectivity index (χ0n) is 15.8. The van der Waals surface area contributed by atoms with Crippen LogP contribution in [0.4, 0.5) is 5.69 Å². The summed E-state index contributed by atoms with van der Waals surface area (Å²) in [5.41, 5.74) is 0.580. The number of hydrogen-bond donors (Lipinski definition) is 1. The van der Waals surface area contributed by atoms with Crippen molar-refractivity contribution in [3.05, 3.63) is 28.2 Å². The third-order valence-electron chi connectivity index (χ3n) is 5.52. The number of halogens is 2. The van der Waals surface area contributed by atoms with Crippen molar-refractivity contribution in [3.8, 4) is 0 Å². The molecule has 0 bridgehead atoms. The molecule has 5 nitrogen and oxygen atoms in total. The maximum absolute atomic E-state index is 12.2. The van der Waals surface area contributed by atoms with Gasteiger partial charge in [-0.05, 0) is 63.0 Å². The van der Waals surface area contributed by atoms with E-state index in [1.54, 1.807) is 18.2 Å². The summed E-state index contributed by atoms with van der Waals surface area (Å²) in [6, 6.07) is 5.09. The molecule has 1 amide bonds. The summed E-state index contributed by atoms with van der Waals surface area (Å²) in [4.78, 5) is 17.1. The largest absolute Gasteiger partial charge is 0.379 e. The van der Waals surface area contributed by atoms with Crippen LogP contribution in [0, 0.1) is 5.92 Å². The lowest BCUT2D eigenvalue weighted by atomic mass is 9.93. The van der Waals surface area contributed by atoms with E-state index in [0.29, 0.717) is 22.2 Å². The highest BCUT2D eigenvalue weighted by molar-refractivity contribution is 6.35. The number of hydrogen-bond acceptors (Lipinski definition) is 4. The summed E-state index contributed by atoms with van der Waals surface area (Å²) >= 11 is 12.1. The minimum Gasteiger partial charge on any atom is -0.379 e. The van der Waals surface area contributed by atoms with Crippen molar-refractivity contribution in [2.24, 2.45) is 5.92 Å². The molecule has 2 aliphatic rings. The molecule has 3 rings (SSSR count). The molecule has 2 saturated heterocycles. The Hall–Kier alpha value is -0.850. The van der Waals surface area contributed by atoms with Crippen molar-refractivity contribution in [1.82, 2.24) is 9.80 Å². The second-order valence-corrected chi connectivity index (χ2v) is 8.29. The highest BCUT2D eigenvalue weighted by Gasteiger charge is 2.21. The van der Waals surface area contributed by atoms with Crippen LogP contribution in [0.1, 0.15) is 25.7 Å². The fourth-order valence-electron chi connectivity index (χ4n) is 3.75. The van der Waals surface area contributed by atoms with Crippen molar-refractivity contribution in [3.63, 3.8) is 0 Å². The summed E-state index contributed by atoms with van der Waals surface area (Å²) in [6.07, 6.45) is 4.21. The number of carbonyl (C=O) groups excluding carboxylic acids is 1. The van der Waals surface area contributed by atoms with Gasteiger partial charge >= 0.3 is 0 Å². The molecule has 0 radical (unpaired) electrons. The zero-order valence-corrected chi connectivity index (χ0v) is 17.3. The molecule has 0 spiro atoms. The van der Waals surface area contributed by atoms with E-state index in [9.17, 15) is 4.79 Å². The van der Waals surface area contributed by atoms with E-state index in [4.69, 9.17) is 27.9 Å². The highest BCUT2D eigenvalue weighted by atomic mass is 35.5. The average Bonchev–Trinajstić information content (AvgIpc) is 2.69. The van der Waals surface area contributed by atoms with Crippen molar-refractivity contribution < 1.29 is 9.53 Å². The Morgan fingerprint density at radius 3 is 2.52 bits per heavy atom. The van der Waals surface area contributed by atoms with Crippen LogP contribution in [-0.4, -0.2) is 68.2 Å². The second-order valence-electron chi connectivity index (χ2n) is 7.45. The molecule has 1 N–H and O–H groups in total. The number of benzene rings is 1. The van der Waals surface area contributed by atoms with Crippen molar-refractivity contribution in [2.75, 3.05) is 57.8 Å². The van der Waals surface area contributed by atoms with Gasteiger partial charge in [0, 0.05) is 31.1 Å². The van der Waals surface area contributed by atoms with Crippen molar-refractivity contribution in [2.45, 2.75) is 25.7 Å². The first-order valence-corrected chi connectivity index (χ1v) is 10.6. The molecule has 27 heavy (non-hydrogen) atoms. The first kappa shape index (κ1) is 20.9. The van der Waals surface area contributed by atoms with Gasteiger partial charge in [-0.3, -0.25) is 9.69 Å². The van der Waals surface area contributed by atoms with Gasteiger partial charge in [-0.1, -0.05) is 23.2 Å². The van der Waals surface area contributed by atoms with Gasteiger partial charge in [0.1, 0.15) is 0 Å². The van der Waals surface area contributed by atoms with E-state index >= 15 is 0 Å². The van der Waals surface area contributed by atoms with E-state index in [2.05, 4.69) is 15.1 Å². The van der Waals surface area contributed by atoms with Crippen LogP contribution >= 0.6 is 23.2 Å². The molecule has 1 aromatic carbocycles. The SMILES string of the molecule is O=C(CCN1CCC(CCN2CCOCC2)CC1)Nc1cc(Cl)ccc1Cl. The summed E-state index contributed by atoms with van der Waals surface area (Å²) in [6.45, 7) is 8.05. The van der Waals surface area contributed by atoms with Crippen molar-refractivity contribution >= 4 is 34.8 Å². The van der Waals surface area contributed by atoms with Crippen LogP contribution in [0.3, 0.4) is 0 Å². The quantitative estimate of drug-likeness (QED) is 0.738. The van der Waals surface area contributed by atoms with Gasteiger partial charge < -0.3 is 15.0 Å². The molecule has 0 atom stereocenters. The molecule has 0 aliphatic carbocycles. The van der Waals surface area contributed by atoms with Gasteiger partial charge in [0.15, 0.2) is 0 Å². The first-order valence-electron chi connectivity index (χ1n) is 9.87. The number of amides is 1. The highest BCUT2D eigenvalue weighted by Crippen LogP contribution is 2.26. The Bertz CT molecular complexity index is 615. The maximum atomic E-state index is 12.2. The van der Waals surface area contributed by atoms with Gasteiger partial charge in [0.05, 0.1) is 23.9 Å². The molecule has 2 fully saturated rings. The van der Waals surface area contributed by atoms with Gasteiger partial charge in [0.25, 0.3) is 0 Å². The zero-order chi connectivity index (χ0) is 19.1. The molecule has 2 aliphatic heterocycles. The maximum Gasteiger partial charge on any atom is 0.225 e. The van der Waals surface area contributed by atoms with Crippen LogP contribution in [0.5, 0.6) is 0 Å².